The van der Waals surface area contributed by atoms with Crippen molar-refractivity contribution in [1.29, 1.82) is 0 Å². The molecule has 1 atom stereocenters. The first-order valence-electron chi connectivity index (χ1n) is 6.61. The van der Waals surface area contributed by atoms with Crippen LogP contribution in [0, 0.1) is 12.7 Å². The van der Waals surface area contributed by atoms with Crippen LogP contribution in [0.2, 0.25) is 0 Å². The molecule has 0 fully saturated rings. The minimum absolute atomic E-state index is 0.177. The summed E-state index contributed by atoms with van der Waals surface area (Å²) in [4.78, 5) is 0. The average molecular weight is 353 g/mol. The van der Waals surface area contributed by atoms with Gasteiger partial charge in [0.1, 0.15) is 0 Å². The zero-order valence-corrected chi connectivity index (χ0v) is 13.6. The lowest BCUT2D eigenvalue weighted by Gasteiger charge is -2.20. The molecule has 0 amide bonds. The van der Waals surface area contributed by atoms with Crippen molar-refractivity contribution in [2.24, 2.45) is 5.73 Å². The fraction of sp³-hybridized carbons (Fsp3) is 0.250. The molecule has 0 heterocycles. The Morgan fingerprint density at radius 2 is 2.05 bits per heavy atom. The van der Waals surface area contributed by atoms with E-state index >= 15 is 0 Å². The van der Waals surface area contributed by atoms with Gasteiger partial charge >= 0.3 is 0 Å². The molecule has 2 aromatic rings. The smallest absolute Gasteiger partial charge is 0.165 e. The van der Waals surface area contributed by atoms with Crippen molar-refractivity contribution in [2.45, 2.75) is 13.0 Å². The first-order valence-corrected chi connectivity index (χ1v) is 7.40. The molecule has 0 bridgehead atoms. The van der Waals surface area contributed by atoms with Gasteiger partial charge in [0, 0.05) is 16.7 Å². The molecule has 0 saturated carbocycles. The van der Waals surface area contributed by atoms with Gasteiger partial charge in [0.25, 0.3) is 0 Å². The highest BCUT2D eigenvalue weighted by Gasteiger charge is 2.14. The van der Waals surface area contributed by atoms with Crippen molar-refractivity contribution in [2.75, 3.05) is 19.0 Å². The van der Waals surface area contributed by atoms with Crippen molar-refractivity contribution >= 4 is 21.6 Å². The zero-order chi connectivity index (χ0) is 15.4. The van der Waals surface area contributed by atoms with Crippen LogP contribution in [0.4, 0.5) is 10.1 Å². The molecule has 3 nitrogen and oxygen atoms in total. The average Bonchev–Trinajstić information content (AvgIpc) is 2.48. The monoisotopic (exact) mass is 352 g/mol. The number of halogens is 2. The Kier molecular flexibility index (Phi) is 5.20. The summed E-state index contributed by atoms with van der Waals surface area (Å²) in [5.41, 5.74) is 8.68. The van der Waals surface area contributed by atoms with Crippen LogP contribution in [0.15, 0.2) is 40.9 Å². The molecule has 5 heteroatoms. The summed E-state index contributed by atoms with van der Waals surface area (Å²) in [5, 5.41) is 3.34. The van der Waals surface area contributed by atoms with Crippen LogP contribution in [0.5, 0.6) is 5.75 Å². The van der Waals surface area contributed by atoms with Crippen LogP contribution < -0.4 is 15.8 Å². The molecular weight excluding hydrogens is 335 g/mol. The van der Waals surface area contributed by atoms with Gasteiger partial charge in [-0.2, -0.15) is 0 Å². The van der Waals surface area contributed by atoms with Gasteiger partial charge in [-0.3, -0.25) is 0 Å². The second kappa shape index (κ2) is 6.91. The van der Waals surface area contributed by atoms with Crippen molar-refractivity contribution in [3.8, 4) is 5.75 Å². The fourth-order valence-electron chi connectivity index (χ4n) is 2.12. The zero-order valence-electron chi connectivity index (χ0n) is 12.0. The van der Waals surface area contributed by atoms with Gasteiger partial charge < -0.3 is 15.8 Å². The minimum Gasteiger partial charge on any atom is -0.494 e. The van der Waals surface area contributed by atoms with E-state index in [0.29, 0.717) is 6.54 Å². The predicted octanol–water partition coefficient (Wildman–Crippen LogP) is 4.02. The number of benzene rings is 2. The minimum atomic E-state index is -0.390. The van der Waals surface area contributed by atoms with E-state index in [0.717, 1.165) is 21.3 Å². The maximum atomic E-state index is 13.8. The molecule has 0 aliphatic rings. The molecule has 0 spiro atoms. The number of hydrogen-bond acceptors (Lipinski definition) is 3. The van der Waals surface area contributed by atoms with Gasteiger partial charge in [-0.05, 0) is 58.2 Å². The molecule has 0 radical (unpaired) electrons. The topological polar surface area (TPSA) is 47.3 Å². The lowest BCUT2D eigenvalue weighted by atomic mass is 10.1. The molecular formula is C16H18BrFN2O. The lowest BCUT2D eigenvalue weighted by molar-refractivity contribution is 0.386. The summed E-state index contributed by atoms with van der Waals surface area (Å²) in [6.45, 7) is 2.37. The van der Waals surface area contributed by atoms with E-state index in [2.05, 4.69) is 21.2 Å². The van der Waals surface area contributed by atoms with E-state index in [9.17, 15) is 4.39 Å². The van der Waals surface area contributed by atoms with Crippen molar-refractivity contribution in [1.82, 2.24) is 0 Å². The Bertz CT molecular complexity index is 634. The molecule has 0 aliphatic carbocycles. The summed E-state index contributed by atoms with van der Waals surface area (Å²) in [6.07, 6.45) is 0. The van der Waals surface area contributed by atoms with E-state index in [1.54, 1.807) is 6.07 Å². The molecule has 2 rings (SSSR count). The van der Waals surface area contributed by atoms with Crippen LogP contribution in [-0.4, -0.2) is 13.7 Å². The third-order valence-electron chi connectivity index (χ3n) is 3.27. The molecule has 0 saturated heterocycles. The van der Waals surface area contributed by atoms with E-state index in [-0.39, 0.29) is 11.8 Å². The number of ether oxygens (including phenoxy) is 1. The number of nitrogens with two attached hydrogens (primary N) is 1. The van der Waals surface area contributed by atoms with Crippen LogP contribution in [-0.2, 0) is 0 Å². The van der Waals surface area contributed by atoms with Crippen LogP contribution in [0.3, 0.4) is 0 Å². The van der Waals surface area contributed by atoms with Gasteiger partial charge in [0.15, 0.2) is 11.6 Å². The summed E-state index contributed by atoms with van der Waals surface area (Å²) in [7, 11) is 1.45. The first kappa shape index (κ1) is 15.8. The number of aryl methyl sites for hydroxylation is 1. The Morgan fingerprint density at radius 1 is 1.29 bits per heavy atom. The summed E-state index contributed by atoms with van der Waals surface area (Å²) >= 11 is 3.50. The lowest BCUT2D eigenvalue weighted by Crippen LogP contribution is -2.21. The number of hydrogen-bond donors (Lipinski definition) is 2. The Balaban J connectivity index is 2.27. The van der Waals surface area contributed by atoms with E-state index < -0.39 is 5.82 Å². The highest BCUT2D eigenvalue weighted by Crippen LogP contribution is 2.29. The van der Waals surface area contributed by atoms with Crippen molar-refractivity contribution in [3.05, 3.63) is 57.8 Å². The number of anilines is 1. The predicted molar refractivity (Wildman–Crippen MR) is 87.2 cm³/mol. The van der Waals surface area contributed by atoms with Gasteiger partial charge in [0.05, 0.1) is 13.2 Å². The van der Waals surface area contributed by atoms with Gasteiger partial charge in [-0.25, -0.2) is 4.39 Å². The molecule has 3 N–H and O–H groups in total. The Labute approximate surface area is 132 Å². The number of rotatable bonds is 5. The molecule has 1 unspecified atom stereocenters. The summed E-state index contributed by atoms with van der Waals surface area (Å²) in [5.74, 6) is -0.162. The second-order valence-corrected chi connectivity index (χ2v) is 5.66. The quantitative estimate of drug-likeness (QED) is 0.854. The summed E-state index contributed by atoms with van der Waals surface area (Å²) in [6, 6.07) is 10.7. The normalized spacial score (nSPS) is 12.0. The number of nitrogens with one attached hydrogen (secondary N) is 1. The molecule has 2 aromatic carbocycles. The van der Waals surface area contributed by atoms with E-state index in [1.807, 2.05) is 31.2 Å². The maximum absolute atomic E-state index is 13.8. The van der Waals surface area contributed by atoms with Crippen LogP contribution >= 0.6 is 15.9 Å². The SMILES string of the molecule is COc1ccc(C(CN)Nc2cc(C)ccc2Br)cc1F. The van der Waals surface area contributed by atoms with Gasteiger partial charge in [0.2, 0.25) is 0 Å². The van der Waals surface area contributed by atoms with Gasteiger partial charge in [-0.1, -0.05) is 12.1 Å². The maximum Gasteiger partial charge on any atom is 0.165 e. The third-order valence-corrected chi connectivity index (χ3v) is 3.96. The largest absolute Gasteiger partial charge is 0.494 e. The molecule has 0 aromatic heterocycles. The van der Waals surface area contributed by atoms with Crippen molar-refractivity contribution in [3.63, 3.8) is 0 Å². The van der Waals surface area contributed by atoms with Crippen LogP contribution in [0.25, 0.3) is 0 Å². The first-order chi connectivity index (χ1) is 10.0. The molecule has 112 valence electrons. The fourth-order valence-corrected chi connectivity index (χ4v) is 2.48. The van der Waals surface area contributed by atoms with E-state index in [1.165, 1.54) is 13.2 Å². The molecule has 21 heavy (non-hydrogen) atoms. The van der Waals surface area contributed by atoms with E-state index in [4.69, 9.17) is 10.5 Å². The summed E-state index contributed by atoms with van der Waals surface area (Å²) < 4.78 is 19.7. The van der Waals surface area contributed by atoms with Crippen LogP contribution in [0.1, 0.15) is 17.2 Å². The Hall–Kier alpha value is -1.59. The van der Waals surface area contributed by atoms with Gasteiger partial charge in [-0.15, -0.1) is 0 Å². The van der Waals surface area contributed by atoms with Crippen molar-refractivity contribution < 1.29 is 9.13 Å². The standard InChI is InChI=1S/C16H18BrFN2O/c1-10-3-5-12(17)14(7-10)20-15(9-19)11-4-6-16(21-2)13(18)8-11/h3-8,15,20H,9,19H2,1-2H3. The highest BCUT2D eigenvalue weighted by molar-refractivity contribution is 9.10. The second-order valence-electron chi connectivity index (χ2n) is 4.81. The molecule has 0 aliphatic heterocycles. The number of methoxy groups -OCH3 is 1. The third kappa shape index (κ3) is 3.74. The highest BCUT2D eigenvalue weighted by atomic mass is 79.9. The Morgan fingerprint density at radius 3 is 2.67 bits per heavy atom.